The summed E-state index contributed by atoms with van der Waals surface area (Å²) in [6.07, 6.45) is -2.12. The van der Waals surface area contributed by atoms with Gasteiger partial charge in [-0.15, -0.1) is 0 Å². The Morgan fingerprint density at radius 2 is 2.38 bits per heavy atom. The first-order chi connectivity index (χ1) is 7.60. The summed E-state index contributed by atoms with van der Waals surface area (Å²) < 4.78 is 10.7. The Morgan fingerprint density at radius 1 is 1.69 bits per heavy atom. The van der Waals surface area contributed by atoms with Crippen molar-refractivity contribution in [2.75, 3.05) is 13.7 Å². The third-order valence-electron chi connectivity index (χ3n) is 3.28. The zero-order valence-electron chi connectivity index (χ0n) is 9.25. The number of hydrogen-bond donors (Lipinski definition) is 1. The first-order valence-electron chi connectivity index (χ1n) is 5.30. The van der Waals surface area contributed by atoms with Gasteiger partial charge in [0.25, 0.3) is 0 Å². The van der Waals surface area contributed by atoms with Crippen LogP contribution < -0.4 is 0 Å². The Morgan fingerprint density at radius 3 is 2.88 bits per heavy atom. The number of carbonyl (C=O) groups excluding carboxylic acids is 1. The van der Waals surface area contributed by atoms with E-state index in [4.69, 9.17) is 14.6 Å². The second-order valence-electron chi connectivity index (χ2n) is 4.03. The Bertz CT molecular complexity index is 318. The van der Waals surface area contributed by atoms with Crippen LogP contribution in [0.4, 0.5) is 4.79 Å². The molecule has 2 bridgehead atoms. The van der Waals surface area contributed by atoms with E-state index in [1.807, 2.05) is 0 Å². The molecule has 0 radical (unpaired) electrons. The van der Waals surface area contributed by atoms with E-state index in [0.717, 1.165) is 0 Å². The summed E-state index contributed by atoms with van der Waals surface area (Å²) in [6, 6.07) is -0.366. The lowest BCUT2D eigenvalue weighted by atomic mass is 9.90. The van der Waals surface area contributed by atoms with Crippen LogP contribution in [0.2, 0.25) is 0 Å². The number of methoxy groups -OCH3 is 1. The predicted octanol–water partition coefficient (Wildman–Crippen LogP) is 0.110. The fraction of sp³-hybridized carbons (Fsp3) is 0.800. The molecule has 0 saturated carbocycles. The van der Waals surface area contributed by atoms with Crippen molar-refractivity contribution in [3.63, 3.8) is 0 Å². The molecule has 90 valence electrons. The molecule has 2 fully saturated rings. The highest BCUT2D eigenvalue weighted by molar-refractivity contribution is 5.88. The van der Waals surface area contributed by atoms with Gasteiger partial charge in [0, 0.05) is 20.1 Å². The van der Waals surface area contributed by atoms with Gasteiger partial charge < -0.3 is 19.5 Å². The van der Waals surface area contributed by atoms with Gasteiger partial charge >= 0.3 is 6.09 Å². The van der Waals surface area contributed by atoms with Crippen molar-refractivity contribution < 1.29 is 24.2 Å². The minimum Gasteiger partial charge on any atom is -0.465 e. The van der Waals surface area contributed by atoms with Gasteiger partial charge in [-0.2, -0.15) is 0 Å². The highest BCUT2D eigenvalue weighted by Gasteiger charge is 2.57. The number of hydrogen-bond acceptors (Lipinski definition) is 4. The monoisotopic (exact) mass is 229 g/mol. The van der Waals surface area contributed by atoms with Gasteiger partial charge in [-0.25, -0.2) is 4.79 Å². The zero-order chi connectivity index (χ0) is 11.9. The number of rotatable bonds is 3. The van der Waals surface area contributed by atoms with E-state index in [0.29, 0.717) is 13.0 Å². The van der Waals surface area contributed by atoms with Gasteiger partial charge in [0.2, 0.25) is 0 Å². The average Bonchev–Trinajstić information content (AvgIpc) is 2.75. The smallest absolute Gasteiger partial charge is 0.407 e. The summed E-state index contributed by atoms with van der Waals surface area (Å²) in [5, 5.41) is 9.07. The van der Waals surface area contributed by atoms with Crippen molar-refractivity contribution in [3.05, 3.63) is 0 Å². The molecule has 2 unspecified atom stereocenters. The molecular weight excluding hydrogens is 214 g/mol. The second-order valence-corrected chi connectivity index (χ2v) is 4.03. The maximum Gasteiger partial charge on any atom is 0.407 e. The number of carboxylic acid groups (broad SMARTS) is 1. The topological polar surface area (TPSA) is 76.1 Å². The average molecular weight is 229 g/mol. The number of nitrogens with zero attached hydrogens (tertiary/aromatic N) is 1. The van der Waals surface area contributed by atoms with Crippen molar-refractivity contribution in [3.8, 4) is 0 Å². The molecule has 2 heterocycles. The molecule has 1 N–H and O–H groups in total. The summed E-state index contributed by atoms with van der Waals surface area (Å²) in [6.45, 7) is 2.12. The summed E-state index contributed by atoms with van der Waals surface area (Å²) in [7, 11) is 1.48. The van der Waals surface area contributed by atoms with Crippen LogP contribution in [-0.4, -0.2) is 59.9 Å². The van der Waals surface area contributed by atoms with Gasteiger partial charge in [0.15, 0.2) is 5.78 Å². The van der Waals surface area contributed by atoms with Gasteiger partial charge in [-0.05, 0) is 6.92 Å². The maximum atomic E-state index is 11.5. The van der Waals surface area contributed by atoms with E-state index in [9.17, 15) is 9.59 Å². The van der Waals surface area contributed by atoms with Crippen LogP contribution >= 0.6 is 0 Å². The molecule has 6 heteroatoms. The normalized spacial score (nSPS) is 36.8. The van der Waals surface area contributed by atoms with Gasteiger partial charge in [-0.1, -0.05) is 0 Å². The molecule has 0 aromatic carbocycles. The lowest BCUT2D eigenvalue weighted by Gasteiger charge is -2.33. The number of carbonyl (C=O) groups is 2. The van der Waals surface area contributed by atoms with Crippen molar-refractivity contribution in [2.45, 2.75) is 37.7 Å². The van der Waals surface area contributed by atoms with E-state index in [1.165, 1.54) is 12.0 Å². The van der Waals surface area contributed by atoms with Gasteiger partial charge in [0.05, 0.1) is 12.1 Å². The molecule has 6 nitrogen and oxygen atoms in total. The third kappa shape index (κ3) is 1.49. The Kier molecular flexibility index (Phi) is 2.86. The Balaban J connectivity index is 2.21. The lowest BCUT2D eigenvalue weighted by molar-refractivity contribution is -0.127. The Hall–Kier alpha value is -1.14. The highest BCUT2D eigenvalue weighted by Crippen LogP contribution is 2.36. The van der Waals surface area contributed by atoms with E-state index in [1.54, 1.807) is 6.92 Å². The van der Waals surface area contributed by atoms with Crippen molar-refractivity contribution in [2.24, 2.45) is 0 Å². The second kappa shape index (κ2) is 4.03. The number of ketones is 1. The first-order valence-corrected chi connectivity index (χ1v) is 5.30. The van der Waals surface area contributed by atoms with Crippen LogP contribution in [0, 0.1) is 0 Å². The molecule has 1 amide bonds. The molecule has 16 heavy (non-hydrogen) atoms. The summed E-state index contributed by atoms with van der Waals surface area (Å²) in [5.41, 5.74) is 0. The van der Waals surface area contributed by atoms with E-state index in [-0.39, 0.29) is 17.9 Å². The van der Waals surface area contributed by atoms with Crippen molar-refractivity contribution >= 4 is 11.9 Å². The minimum atomic E-state index is -1.00. The number of amides is 1. The standard InChI is InChI=1S/C10H15NO5/c1-3-11(10(13)14)7-6-4-5(12)8(16-6)9(7)15-2/h6-9H,3-4H2,1-2H3,(H,13,14)/t6?,7-,8?,9-/m1/s1. The number of fused-ring (bicyclic) bond motifs is 2. The van der Waals surface area contributed by atoms with Crippen LogP contribution in [0.25, 0.3) is 0 Å². The molecule has 0 aliphatic carbocycles. The molecule has 0 aromatic rings. The van der Waals surface area contributed by atoms with Crippen LogP contribution in [0.1, 0.15) is 13.3 Å². The van der Waals surface area contributed by atoms with Crippen molar-refractivity contribution in [1.82, 2.24) is 4.90 Å². The number of Topliss-reactive ketones (excluding diaryl/α,β-unsaturated/α-hetero) is 1. The largest absolute Gasteiger partial charge is 0.465 e. The fourth-order valence-electron chi connectivity index (χ4n) is 2.59. The van der Waals surface area contributed by atoms with Crippen LogP contribution in [0.3, 0.4) is 0 Å². The fourth-order valence-corrected chi connectivity index (χ4v) is 2.59. The lowest BCUT2D eigenvalue weighted by Crippen LogP contribution is -2.54. The highest BCUT2D eigenvalue weighted by atomic mass is 16.6. The number of likely N-dealkylation sites (N-methyl/N-ethyl adjacent to an activating group) is 1. The van der Waals surface area contributed by atoms with Crippen LogP contribution in [0.15, 0.2) is 0 Å². The SMILES string of the molecule is CCN(C(=O)O)[C@@H]1C2CC(=O)C(O2)[C@@H]1OC. The van der Waals surface area contributed by atoms with Crippen LogP contribution in [0.5, 0.6) is 0 Å². The van der Waals surface area contributed by atoms with E-state index >= 15 is 0 Å². The summed E-state index contributed by atoms with van der Waals surface area (Å²) in [4.78, 5) is 23.8. The molecule has 0 spiro atoms. The summed E-state index contributed by atoms with van der Waals surface area (Å²) >= 11 is 0. The maximum absolute atomic E-state index is 11.5. The molecule has 2 aliphatic rings. The predicted molar refractivity (Wildman–Crippen MR) is 53.3 cm³/mol. The number of ether oxygens (including phenoxy) is 2. The van der Waals surface area contributed by atoms with Gasteiger partial charge in [0.1, 0.15) is 12.2 Å². The molecule has 2 aliphatic heterocycles. The van der Waals surface area contributed by atoms with E-state index < -0.39 is 18.3 Å². The molecule has 0 aromatic heterocycles. The molecule has 2 rings (SSSR count). The Labute approximate surface area is 93.1 Å². The van der Waals surface area contributed by atoms with Gasteiger partial charge in [-0.3, -0.25) is 4.79 Å². The quantitative estimate of drug-likeness (QED) is 0.743. The minimum absolute atomic E-state index is 0.00884. The molecular formula is C10H15NO5. The summed E-state index contributed by atoms with van der Waals surface area (Å²) in [5.74, 6) is 0.00884. The zero-order valence-corrected chi connectivity index (χ0v) is 9.25. The van der Waals surface area contributed by atoms with Crippen LogP contribution in [-0.2, 0) is 14.3 Å². The molecule has 4 atom stereocenters. The molecule has 2 saturated heterocycles. The van der Waals surface area contributed by atoms with Crippen molar-refractivity contribution in [1.29, 1.82) is 0 Å². The van der Waals surface area contributed by atoms with E-state index in [2.05, 4.69) is 0 Å². The third-order valence-corrected chi connectivity index (χ3v) is 3.28. The first kappa shape index (κ1) is 11.3.